The Bertz CT molecular complexity index is 602. The molecule has 1 nitrogen and oxygen atoms in total. The summed E-state index contributed by atoms with van der Waals surface area (Å²) in [6, 6.07) is 4.25. The van der Waals surface area contributed by atoms with E-state index >= 15 is 0 Å². The number of fused-ring (bicyclic) bond motifs is 2. The molecule has 1 aliphatic carbocycles. The third-order valence-electron chi connectivity index (χ3n) is 3.89. The molecule has 88 valence electrons. The molecule has 0 N–H and O–H groups in total. The molecule has 0 aliphatic heterocycles. The van der Waals surface area contributed by atoms with Crippen molar-refractivity contribution in [1.82, 2.24) is 4.98 Å². The highest BCUT2D eigenvalue weighted by molar-refractivity contribution is 6.36. The van der Waals surface area contributed by atoms with Gasteiger partial charge in [0.05, 0.1) is 10.5 Å². The Labute approximate surface area is 107 Å². The van der Waals surface area contributed by atoms with E-state index in [1.807, 2.05) is 0 Å². The first kappa shape index (κ1) is 11.0. The van der Waals surface area contributed by atoms with Gasteiger partial charge in [-0.3, -0.25) is 4.98 Å². The first-order valence-corrected chi connectivity index (χ1v) is 6.63. The highest BCUT2D eigenvalue weighted by Crippen LogP contribution is 2.34. The monoisotopic (exact) mass is 245 g/mol. The van der Waals surface area contributed by atoms with Crippen LogP contribution in [0.5, 0.6) is 0 Å². The van der Waals surface area contributed by atoms with E-state index in [9.17, 15) is 0 Å². The van der Waals surface area contributed by atoms with Crippen molar-refractivity contribution < 1.29 is 0 Å². The predicted molar refractivity (Wildman–Crippen MR) is 72.9 cm³/mol. The van der Waals surface area contributed by atoms with Crippen molar-refractivity contribution in [2.75, 3.05) is 0 Å². The minimum atomic E-state index is 0.938. The van der Waals surface area contributed by atoms with Gasteiger partial charge < -0.3 is 0 Å². The number of pyridine rings is 1. The fraction of sp³-hybridized carbons (Fsp3) is 0.400. The standard InChI is InChI=1S/C15H16ClN/c1-9-7-8-12-14(16)11-5-3-4-6-13(11)17-15(12)10(9)2/h7-8H,3-6H2,1-2H3. The minimum Gasteiger partial charge on any atom is -0.252 e. The normalized spacial score (nSPS) is 15.0. The van der Waals surface area contributed by atoms with Crippen LogP contribution in [0.4, 0.5) is 0 Å². The summed E-state index contributed by atoms with van der Waals surface area (Å²) in [5.74, 6) is 0. The molecule has 0 atom stereocenters. The molecule has 0 unspecified atom stereocenters. The topological polar surface area (TPSA) is 12.9 Å². The van der Waals surface area contributed by atoms with Crippen LogP contribution in [0.25, 0.3) is 10.9 Å². The maximum absolute atomic E-state index is 6.54. The van der Waals surface area contributed by atoms with E-state index in [0.717, 1.165) is 28.8 Å². The van der Waals surface area contributed by atoms with E-state index < -0.39 is 0 Å². The van der Waals surface area contributed by atoms with Gasteiger partial charge in [0.1, 0.15) is 0 Å². The summed E-state index contributed by atoms with van der Waals surface area (Å²) in [7, 11) is 0. The molecule has 3 rings (SSSR count). The molecule has 0 bridgehead atoms. The summed E-state index contributed by atoms with van der Waals surface area (Å²) in [5.41, 5.74) is 6.15. The summed E-state index contributed by atoms with van der Waals surface area (Å²) >= 11 is 6.54. The summed E-state index contributed by atoms with van der Waals surface area (Å²) in [6.07, 6.45) is 4.65. The first-order valence-electron chi connectivity index (χ1n) is 6.25. The van der Waals surface area contributed by atoms with E-state index in [1.54, 1.807) is 0 Å². The Hall–Kier alpha value is -1.08. The second-order valence-electron chi connectivity index (χ2n) is 4.96. The van der Waals surface area contributed by atoms with Crippen molar-refractivity contribution in [1.29, 1.82) is 0 Å². The molecule has 0 amide bonds. The number of benzene rings is 1. The Morgan fingerprint density at radius 3 is 2.71 bits per heavy atom. The zero-order valence-corrected chi connectivity index (χ0v) is 11.1. The summed E-state index contributed by atoms with van der Waals surface area (Å²) in [4.78, 5) is 4.85. The molecule has 1 aromatic carbocycles. The van der Waals surface area contributed by atoms with Gasteiger partial charge in [-0.15, -0.1) is 0 Å². The average Bonchev–Trinajstić information content (AvgIpc) is 2.35. The summed E-state index contributed by atoms with van der Waals surface area (Å²) < 4.78 is 0. The van der Waals surface area contributed by atoms with Crippen LogP contribution < -0.4 is 0 Å². The zero-order valence-electron chi connectivity index (χ0n) is 10.3. The average molecular weight is 246 g/mol. The fourth-order valence-corrected chi connectivity index (χ4v) is 3.03. The molecule has 1 heterocycles. The van der Waals surface area contributed by atoms with Gasteiger partial charge >= 0.3 is 0 Å². The smallest absolute Gasteiger partial charge is 0.0752 e. The quantitative estimate of drug-likeness (QED) is 0.671. The molecule has 0 saturated heterocycles. The van der Waals surface area contributed by atoms with Crippen LogP contribution in [0.3, 0.4) is 0 Å². The lowest BCUT2D eigenvalue weighted by atomic mass is 9.93. The van der Waals surface area contributed by atoms with E-state index in [2.05, 4.69) is 26.0 Å². The van der Waals surface area contributed by atoms with Gasteiger partial charge in [0.2, 0.25) is 0 Å². The molecule has 1 aliphatic rings. The van der Waals surface area contributed by atoms with Gasteiger partial charge in [-0.25, -0.2) is 0 Å². The Balaban J connectivity index is 2.40. The molecule has 0 radical (unpaired) electrons. The van der Waals surface area contributed by atoms with Crippen molar-refractivity contribution in [2.24, 2.45) is 0 Å². The maximum Gasteiger partial charge on any atom is 0.0752 e. The zero-order chi connectivity index (χ0) is 12.0. The predicted octanol–water partition coefficient (Wildman–Crippen LogP) is 4.38. The molecule has 0 saturated carbocycles. The lowest BCUT2D eigenvalue weighted by molar-refractivity contribution is 0.671. The van der Waals surface area contributed by atoms with E-state index in [4.69, 9.17) is 16.6 Å². The van der Waals surface area contributed by atoms with Crippen molar-refractivity contribution in [3.05, 3.63) is 39.5 Å². The number of nitrogens with zero attached hydrogens (tertiary/aromatic N) is 1. The third kappa shape index (κ3) is 1.64. The number of hydrogen-bond donors (Lipinski definition) is 0. The van der Waals surface area contributed by atoms with Gasteiger partial charge in [-0.1, -0.05) is 23.7 Å². The van der Waals surface area contributed by atoms with Gasteiger partial charge in [0.15, 0.2) is 0 Å². The Kier molecular flexibility index (Phi) is 2.59. The number of halogens is 1. The molecular formula is C15H16ClN. The summed E-state index contributed by atoms with van der Waals surface area (Å²) in [6.45, 7) is 4.26. The van der Waals surface area contributed by atoms with E-state index in [1.165, 1.54) is 35.2 Å². The van der Waals surface area contributed by atoms with Gasteiger partial charge in [-0.05, 0) is 56.2 Å². The van der Waals surface area contributed by atoms with Crippen molar-refractivity contribution in [3.8, 4) is 0 Å². The lowest BCUT2D eigenvalue weighted by Crippen LogP contribution is -2.07. The molecule has 1 aromatic heterocycles. The second-order valence-corrected chi connectivity index (χ2v) is 5.34. The maximum atomic E-state index is 6.54. The molecule has 2 aromatic rings. The number of hydrogen-bond acceptors (Lipinski definition) is 1. The van der Waals surface area contributed by atoms with Crippen LogP contribution >= 0.6 is 11.6 Å². The number of rotatable bonds is 0. The van der Waals surface area contributed by atoms with Gasteiger partial charge in [0.25, 0.3) is 0 Å². The largest absolute Gasteiger partial charge is 0.252 e. The van der Waals surface area contributed by atoms with Crippen LogP contribution in [0.15, 0.2) is 12.1 Å². The van der Waals surface area contributed by atoms with Crippen LogP contribution in [0, 0.1) is 13.8 Å². The number of aryl methyl sites for hydroxylation is 3. The van der Waals surface area contributed by atoms with Crippen molar-refractivity contribution in [3.63, 3.8) is 0 Å². The molecule has 2 heteroatoms. The first-order chi connectivity index (χ1) is 8.18. The number of aromatic nitrogens is 1. The Morgan fingerprint density at radius 1 is 1.12 bits per heavy atom. The van der Waals surface area contributed by atoms with Crippen LogP contribution in [0.1, 0.15) is 35.2 Å². The molecule has 0 fully saturated rings. The summed E-state index contributed by atoms with van der Waals surface area (Å²) in [5, 5.41) is 2.06. The van der Waals surface area contributed by atoms with Crippen LogP contribution in [0.2, 0.25) is 5.02 Å². The second kappa shape index (κ2) is 3.99. The molecule has 0 spiro atoms. The van der Waals surface area contributed by atoms with Crippen molar-refractivity contribution in [2.45, 2.75) is 39.5 Å². The third-order valence-corrected chi connectivity index (χ3v) is 4.32. The fourth-order valence-electron chi connectivity index (χ4n) is 2.67. The van der Waals surface area contributed by atoms with Crippen LogP contribution in [-0.2, 0) is 12.8 Å². The van der Waals surface area contributed by atoms with Crippen LogP contribution in [-0.4, -0.2) is 4.98 Å². The SMILES string of the molecule is Cc1ccc2c(Cl)c3c(nc2c1C)CCCC3. The molecular weight excluding hydrogens is 230 g/mol. The molecule has 17 heavy (non-hydrogen) atoms. The van der Waals surface area contributed by atoms with E-state index in [0.29, 0.717) is 0 Å². The van der Waals surface area contributed by atoms with Gasteiger partial charge in [-0.2, -0.15) is 0 Å². The Morgan fingerprint density at radius 2 is 1.88 bits per heavy atom. The minimum absolute atomic E-state index is 0.938. The highest BCUT2D eigenvalue weighted by atomic mass is 35.5. The van der Waals surface area contributed by atoms with Crippen molar-refractivity contribution >= 4 is 22.5 Å². The van der Waals surface area contributed by atoms with E-state index in [-0.39, 0.29) is 0 Å². The van der Waals surface area contributed by atoms with Gasteiger partial charge in [0, 0.05) is 11.1 Å². The lowest BCUT2D eigenvalue weighted by Gasteiger charge is -2.18. The highest BCUT2D eigenvalue weighted by Gasteiger charge is 2.17.